The standard InChI is InChI=1S/C19H10ClNO2/c20-13-10-14-18(23-19(21-14)11-6-2-1-3-7-11)16-12-8-4-5-9-15(12)22-17(13)16/h1-10H. The zero-order valence-electron chi connectivity index (χ0n) is 11.9. The van der Waals surface area contributed by atoms with E-state index in [0.717, 1.165) is 27.4 Å². The Hall–Kier alpha value is -2.78. The van der Waals surface area contributed by atoms with E-state index in [1.807, 2.05) is 54.6 Å². The van der Waals surface area contributed by atoms with E-state index in [2.05, 4.69) is 4.98 Å². The Morgan fingerprint density at radius 1 is 0.826 bits per heavy atom. The largest absolute Gasteiger partial charge is 0.454 e. The van der Waals surface area contributed by atoms with Crippen LogP contribution in [0, 0.1) is 0 Å². The first kappa shape index (κ1) is 12.7. The lowest BCUT2D eigenvalue weighted by Crippen LogP contribution is -1.75. The second-order valence-electron chi connectivity index (χ2n) is 5.39. The van der Waals surface area contributed by atoms with Crippen LogP contribution < -0.4 is 0 Å². The molecule has 3 nitrogen and oxygen atoms in total. The van der Waals surface area contributed by atoms with E-state index in [1.165, 1.54) is 0 Å². The number of fused-ring (bicyclic) bond motifs is 5. The first-order chi connectivity index (χ1) is 11.3. The highest BCUT2D eigenvalue weighted by Crippen LogP contribution is 2.40. The number of rotatable bonds is 1. The maximum Gasteiger partial charge on any atom is 0.227 e. The molecule has 0 fully saturated rings. The number of aromatic nitrogens is 1. The molecular weight excluding hydrogens is 310 g/mol. The minimum Gasteiger partial charge on any atom is -0.454 e. The SMILES string of the molecule is Clc1cc2nc(-c3ccccc3)oc2c2c1oc1ccccc12. The topological polar surface area (TPSA) is 39.2 Å². The van der Waals surface area contributed by atoms with Gasteiger partial charge in [0.15, 0.2) is 11.2 Å². The molecule has 5 aromatic rings. The van der Waals surface area contributed by atoms with Crippen molar-refractivity contribution < 1.29 is 8.83 Å². The number of nitrogens with zero attached hydrogens (tertiary/aromatic N) is 1. The van der Waals surface area contributed by atoms with E-state index in [0.29, 0.717) is 22.1 Å². The smallest absolute Gasteiger partial charge is 0.227 e. The summed E-state index contributed by atoms with van der Waals surface area (Å²) in [5.74, 6) is 0.578. The number of benzene rings is 3. The summed E-state index contributed by atoms with van der Waals surface area (Å²) >= 11 is 6.39. The number of hydrogen-bond donors (Lipinski definition) is 0. The molecule has 0 amide bonds. The summed E-state index contributed by atoms with van der Waals surface area (Å²) in [5, 5.41) is 2.39. The summed E-state index contributed by atoms with van der Waals surface area (Å²) in [7, 11) is 0. The maximum atomic E-state index is 6.39. The lowest BCUT2D eigenvalue weighted by Gasteiger charge is -1.93. The highest BCUT2D eigenvalue weighted by atomic mass is 35.5. The quantitative estimate of drug-likeness (QED) is 0.377. The Balaban J connectivity index is 1.94. The second-order valence-corrected chi connectivity index (χ2v) is 5.80. The average Bonchev–Trinajstić information content (AvgIpc) is 3.17. The molecule has 4 heteroatoms. The van der Waals surface area contributed by atoms with Gasteiger partial charge in [0.2, 0.25) is 5.89 Å². The zero-order valence-corrected chi connectivity index (χ0v) is 12.7. The third kappa shape index (κ3) is 1.80. The molecule has 3 aromatic carbocycles. The van der Waals surface area contributed by atoms with Gasteiger partial charge in [0.25, 0.3) is 0 Å². The predicted octanol–water partition coefficient (Wildman–Crippen LogP) is 6.05. The molecule has 2 heterocycles. The Morgan fingerprint density at radius 3 is 2.48 bits per heavy atom. The molecule has 0 aliphatic rings. The first-order valence-electron chi connectivity index (χ1n) is 7.27. The van der Waals surface area contributed by atoms with Gasteiger partial charge in [-0.15, -0.1) is 0 Å². The lowest BCUT2D eigenvalue weighted by molar-refractivity contribution is 0.622. The van der Waals surface area contributed by atoms with Crippen molar-refractivity contribution in [2.45, 2.75) is 0 Å². The van der Waals surface area contributed by atoms with Crippen molar-refractivity contribution in [2.24, 2.45) is 0 Å². The first-order valence-corrected chi connectivity index (χ1v) is 7.65. The molecule has 0 aliphatic carbocycles. The van der Waals surface area contributed by atoms with Gasteiger partial charge in [-0.2, -0.15) is 0 Å². The second kappa shape index (κ2) is 4.61. The molecule has 0 saturated carbocycles. The van der Waals surface area contributed by atoms with E-state index in [4.69, 9.17) is 20.4 Å². The van der Waals surface area contributed by atoms with Crippen LogP contribution in [0.1, 0.15) is 0 Å². The van der Waals surface area contributed by atoms with Crippen molar-refractivity contribution in [3.05, 3.63) is 65.7 Å². The Bertz CT molecular complexity index is 1170. The van der Waals surface area contributed by atoms with Crippen LogP contribution in [0.25, 0.3) is 44.5 Å². The van der Waals surface area contributed by atoms with Gasteiger partial charge in [-0.3, -0.25) is 0 Å². The summed E-state index contributed by atoms with van der Waals surface area (Å²) in [4.78, 5) is 4.59. The molecule has 0 bridgehead atoms. The molecule has 0 N–H and O–H groups in total. The molecule has 0 unspecified atom stereocenters. The molecular formula is C19H10ClNO2. The van der Waals surface area contributed by atoms with Gasteiger partial charge in [0, 0.05) is 10.9 Å². The van der Waals surface area contributed by atoms with E-state index < -0.39 is 0 Å². The number of oxazole rings is 1. The van der Waals surface area contributed by atoms with E-state index in [-0.39, 0.29) is 0 Å². The van der Waals surface area contributed by atoms with Crippen molar-refractivity contribution in [2.75, 3.05) is 0 Å². The van der Waals surface area contributed by atoms with Crippen LogP contribution in [-0.2, 0) is 0 Å². The Morgan fingerprint density at radius 2 is 1.61 bits per heavy atom. The number of halogens is 1. The number of furan rings is 1. The van der Waals surface area contributed by atoms with Crippen molar-refractivity contribution in [1.82, 2.24) is 4.98 Å². The summed E-state index contributed by atoms with van der Waals surface area (Å²) in [6.45, 7) is 0. The van der Waals surface area contributed by atoms with Gasteiger partial charge in [-0.25, -0.2) is 4.98 Å². The fourth-order valence-corrected chi connectivity index (χ4v) is 3.17. The highest BCUT2D eigenvalue weighted by molar-refractivity contribution is 6.38. The van der Waals surface area contributed by atoms with Crippen molar-refractivity contribution in [1.29, 1.82) is 0 Å². The summed E-state index contributed by atoms with van der Waals surface area (Å²) < 4.78 is 11.9. The van der Waals surface area contributed by atoms with Gasteiger partial charge >= 0.3 is 0 Å². The molecule has 2 aromatic heterocycles. The molecule has 23 heavy (non-hydrogen) atoms. The van der Waals surface area contributed by atoms with Gasteiger partial charge in [0.05, 0.1) is 10.4 Å². The van der Waals surface area contributed by atoms with Crippen molar-refractivity contribution in [3.8, 4) is 11.5 Å². The molecule has 0 atom stereocenters. The summed E-state index contributed by atoms with van der Waals surface area (Å²) in [6, 6.07) is 19.4. The minimum absolute atomic E-state index is 0.539. The van der Waals surface area contributed by atoms with Gasteiger partial charge in [-0.1, -0.05) is 48.0 Å². The van der Waals surface area contributed by atoms with Gasteiger partial charge in [0.1, 0.15) is 11.1 Å². The van der Waals surface area contributed by atoms with E-state index in [9.17, 15) is 0 Å². The van der Waals surface area contributed by atoms with Crippen LogP contribution in [0.2, 0.25) is 5.02 Å². The number of para-hydroxylation sites is 1. The van der Waals surface area contributed by atoms with Crippen LogP contribution in [0.15, 0.2) is 69.5 Å². The van der Waals surface area contributed by atoms with Crippen LogP contribution in [0.3, 0.4) is 0 Å². The van der Waals surface area contributed by atoms with Crippen LogP contribution in [0.5, 0.6) is 0 Å². The fourth-order valence-electron chi connectivity index (χ4n) is 2.94. The normalized spacial score (nSPS) is 11.7. The Labute approximate surface area is 136 Å². The third-order valence-electron chi connectivity index (χ3n) is 3.98. The van der Waals surface area contributed by atoms with Crippen LogP contribution in [-0.4, -0.2) is 4.98 Å². The molecule has 0 saturated heterocycles. The molecule has 5 rings (SSSR count). The monoisotopic (exact) mass is 319 g/mol. The van der Waals surface area contributed by atoms with Gasteiger partial charge in [-0.05, 0) is 24.3 Å². The lowest BCUT2D eigenvalue weighted by atomic mass is 10.1. The van der Waals surface area contributed by atoms with Crippen molar-refractivity contribution >= 4 is 44.6 Å². The van der Waals surface area contributed by atoms with E-state index >= 15 is 0 Å². The van der Waals surface area contributed by atoms with E-state index in [1.54, 1.807) is 6.07 Å². The van der Waals surface area contributed by atoms with Gasteiger partial charge < -0.3 is 8.83 Å². The molecule has 0 spiro atoms. The molecule has 0 aliphatic heterocycles. The minimum atomic E-state index is 0.539. The third-order valence-corrected chi connectivity index (χ3v) is 4.26. The Kier molecular flexibility index (Phi) is 2.55. The summed E-state index contributed by atoms with van der Waals surface area (Å²) in [6.07, 6.45) is 0. The fraction of sp³-hybridized carbons (Fsp3) is 0. The van der Waals surface area contributed by atoms with Crippen LogP contribution in [0.4, 0.5) is 0 Å². The highest BCUT2D eigenvalue weighted by Gasteiger charge is 2.18. The van der Waals surface area contributed by atoms with Crippen LogP contribution >= 0.6 is 11.6 Å². The number of hydrogen-bond acceptors (Lipinski definition) is 3. The average molecular weight is 320 g/mol. The summed E-state index contributed by atoms with van der Waals surface area (Å²) in [5.41, 5.74) is 3.78. The molecule has 0 radical (unpaired) electrons. The molecule has 110 valence electrons. The van der Waals surface area contributed by atoms with Crippen molar-refractivity contribution in [3.63, 3.8) is 0 Å². The maximum absolute atomic E-state index is 6.39. The predicted molar refractivity (Wildman–Crippen MR) is 91.7 cm³/mol. The zero-order chi connectivity index (χ0) is 15.4.